The topological polar surface area (TPSA) is 43.4 Å². The normalized spacial score (nSPS) is 10.2. The number of carbonyl (C=O) groups is 2. The molecule has 3 nitrogen and oxygen atoms in total. The largest absolute Gasteiger partial charge is 0.431 e. The molecule has 15 heavy (non-hydrogen) atoms. The molecule has 0 heterocycles. The first-order chi connectivity index (χ1) is 7.24. The number of benzene rings is 1. The number of esters is 1. The molecule has 0 radical (unpaired) electrons. The van der Waals surface area contributed by atoms with Crippen LogP contribution in [0.5, 0.6) is 0 Å². The van der Waals surface area contributed by atoms with Crippen LogP contribution in [0.25, 0.3) is 0 Å². The molecule has 0 aromatic heterocycles. The molecular weight excluding hydrogens is 192 g/mol. The Labute approximate surface area is 88.4 Å². The Hall–Kier alpha value is -1.90. The van der Waals surface area contributed by atoms with E-state index in [9.17, 15) is 9.59 Å². The van der Waals surface area contributed by atoms with Gasteiger partial charge in [0.25, 0.3) is 0 Å². The van der Waals surface area contributed by atoms with E-state index < -0.39 is 5.97 Å². The van der Waals surface area contributed by atoms with Crippen LogP contribution in [0.2, 0.25) is 0 Å². The van der Waals surface area contributed by atoms with Gasteiger partial charge in [0.2, 0.25) is 0 Å². The first kappa shape index (κ1) is 11.2. The summed E-state index contributed by atoms with van der Waals surface area (Å²) in [5.41, 5.74) is 0.464. The lowest BCUT2D eigenvalue weighted by atomic mass is 10.2. The number of hydrogen-bond acceptors (Lipinski definition) is 3. The highest BCUT2D eigenvalue weighted by atomic mass is 16.5. The quantitative estimate of drug-likeness (QED) is 0.429. The van der Waals surface area contributed by atoms with Gasteiger partial charge in [0.05, 0.1) is 11.8 Å². The molecule has 0 aliphatic heterocycles. The van der Waals surface area contributed by atoms with Gasteiger partial charge in [-0.15, -0.1) is 0 Å². The van der Waals surface area contributed by atoms with Crippen LogP contribution in [0.3, 0.4) is 0 Å². The number of carbonyl (C=O) groups excluding carboxylic acids is 2. The summed E-state index contributed by atoms with van der Waals surface area (Å²) < 4.78 is 4.76. The Kier molecular flexibility index (Phi) is 4.29. The molecule has 1 aromatic rings. The van der Waals surface area contributed by atoms with Crippen LogP contribution in [0.1, 0.15) is 23.7 Å². The van der Waals surface area contributed by atoms with Crippen molar-refractivity contribution in [1.82, 2.24) is 0 Å². The molecule has 0 fully saturated rings. The van der Waals surface area contributed by atoms with E-state index in [-0.39, 0.29) is 5.78 Å². The van der Waals surface area contributed by atoms with Gasteiger partial charge >= 0.3 is 5.97 Å². The monoisotopic (exact) mass is 204 g/mol. The second kappa shape index (κ2) is 5.75. The maximum atomic E-state index is 11.3. The summed E-state index contributed by atoms with van der Waals surface area (Å²) in [6.45, 7) is 1.74. The van der Waals surface area contributed by atoms with E-state index >= 15 is 0 Å². The van der Waals surface area contributed by atoms with Gasteiger partial charge in [0, 0.05) is 12.5 Å². The molecule has 78 valence electrons. The Balaban J connectivity index is 2.51. The average Bonchev–Trinajstić information content (AvgIpc) is 2.29. The second-order valence-electron chi connectivity index (χ2n) is 2.89. The Morgan fingerprint density at radius 1 is 1.27 bits per heavy atom. The molecule has 1 rings (SSSR count). The van der Waals surface area contributed by atoms with Crippen LogP contribution in [-0.4, -0.2) is 11.8 Å². The molecule has 0 aliphatic rings. The minimum absolute atomic E-state index is 0.0733. The molecule has 0 aliphatic carbocycles. The van der Waals surface area contributed by atoms with Crippen LogP contribution >= 0.6 is 0 Å². The smallest absolute Gasteiger partial charge is 0.342 e. The van der Waals surface area contributed by atoms with E-state index in [1.807, 2.05) is 6.07 Å². The Morgan fingerprint density at radius 3 is 2.53 bits per heavy atom. The highest BCUT2D eigenvalue weighted by molar-refractivity contribution is 5.91. The summed E-state index contributed by atoms with van der Waals surface area (Å²) in [5.74, 6) is -0.536. The molecule has 0 bridgehead atoms. The van der Waals surface area contributed by atoms with Gasteiger partial charge in [-0.05, 0) is 12.1 Å². The van der Waals surface area contributed by atoms with Gasteiger partial charge in [-0.1, -0.05) is 25.1 Å². The summed E-state index contributed by atoms with van der Waals surface area (Å²) in [5, 5.41) is 0. The molecule has 0 spiro atoms. The lowest BCUT2D eigenvalue weighted by Crippen LogP contribution is -2.00. The van der Waals surface area contributed by atoms with Crippen LogP contribution in [-0.2, 0) is 9.53 Å². The van der Waals surface area contributed by atoms with Crippen LogP contribution in [0.15, 0.2) is 42.7 Å². The van der Waals surface area contributed by atoms with Gasteiger partial charge < -0.3 is 4.74 Å². The lowest BCUT2D eigenvalue weighted by Gasteiger charge is -1.97. The summed E-state index contributed by atoms with van der Waals surface area (Å²) in [6, 6.07) is 8.61. The number of rotatable bonds is 4. The third kappa shape index (κ3) is 3.77. The van der Waals surface area contributed by atoms with Gasteiger partial charge in [-0.25, -0.2) is 4.79 Å². The third-order valence-corrected chi connectivity index (χ3v) is 1.79. The van der Waals surface area contributed by atoms with Crippen molar-refractivity contribution < 1.29 is 14.3 Å². The van der Waals surface area contributed by atoms with E-state index in [1.54, 1.807) is 31.2 Å². The summed E-state index contributed by atoms with van der Waals surface area (Å²) in [4.78, 5) is 22.2. The highest BCUT2D eigenvalue weighted by Crippen LogP contribution is 2.01. The number of hydrogen-bond donors (Lipinski definition) is 0. The minimum atomic E-state index is -0.462. The molecule has 0 saturated carbocycles. The van der Waals surface area contributed by atoms with Crippen molar-refractivity contribution in [1.29, 1.82) is 0 Å². The van der Waals surface area contributed by atoms with E-state index in [2.05, 4.69) is 0 Å². The molecule has 1 aromatic carbocycles. The van der Waals surface area contributed by atoms with E-state index in [0.29, 0.717) is 12.0 Å². The molecule has 3 heteroatoms. The molecule has 0 atom stereocenters. The van der Waals surface area contributed by atoms with E-state index in [4.69, 9.17) is 4.74 Å². The average molecular weight is 204 g/mol. The predicted octanol–water partition coefficient (Wildman–Crippen LogP) is 2.34. The first-order valence-electron chi connectivity index (χ1n) is 4.69. The fourth-order valence-corrected chi connectivity index (χ4v) is 0.932. The molecule has 0 amide bonds. The number of allylic oxidation sites excluding steroid dienone is 1. The molecular formula is C12H12O3. The van der Waals surface area contributed by atoms with Gasteiger partial charge in [-0.3, -0.25) is 4.79 Å². The van der Waals surface area contributed by atoms with E-state index in [0.717, 1.165) is 6.26 Å². The summed E-state index contributed by atoms with van der Waals surface area (Å²) in [7, 11) is 0. The van der Waals surface area contributed by atoms with Crippen molar-refractivity contribution in [2.24, 2.45) is 0 Å². The van der Waals surface area contributed by atoms with Crippen molar-refractivity contribution in [3.63, 3.8) is 0 Å². The minimum Gasteiger partial charge on any atom is -0.431 e. The van der Waals surface area contributed by atoms with Crippen molar-refractivity contribution in [3.8, 4) is 0 Å². The van der Waals surface area contributed by atoms with Gasteiger partial charge in [-0.2, -0.15) is 0 Å². The summed E-state index contributed by atoms with van der Waals surface area (Å²) >= 11 is 0. The van der Waals surface area contributed by atoms with Crippen LogP contribution < -0.4 is 0 Å². The van der Waals surface area contributed by atoms with Crippen molar-refractivity contribution >= 4 is 11.8 Å². The highest BCUT2D eigenvalue weighted by Gasteiger charge is 2.03. The standard InChI is InChI=1S/C12H12O3/c1-2-11(13)8-9-15-12(14)10-6-4-3-5-7-10/h3-9H,2H2,1H3/b9-8+. The molecule has 0 unspecified atom stereocenters. The zero-order valence-electron chi connectivity index (χ0n) is 8.47. The first-order valence-corrected chi connectivity index (χ1v) is 4.69. The van der Waals surface area contributed by atoms with Crippen molar-refractivity contribution in [2.75, 3.05) is 0 Å². The van der Waals surface area contributed by atoms with Crippen molar-refractivity contribution in [3.05, 3.63) is 48.2 Å². The predicted molar refractivity (Wildman–Crippen MR) is 56.3 cm³/mol. The second-order valence-corrected chi connectivity index (χ2v) is 2.89. The zero-order chi connectivity index (χ0) is 11.1. The zero-order valence-corrected chi connectivity index (χ0v) is 8.47. The van der Waals surface area contributed by atoms with Crippen LogP contribution in [0.4, 0.5) is 0 Å². The van der Waals surface area contributed by atoms with Gasteiger partial charge in [0.1, 0.15) is 0 Å². The third-order valence-electron chi connectivity index (χ3n) is 1.79. The molecule has 0 N–H and O–H groups in total. The van der Waals surface area contributed by atoms with E-state index in [1.165, 1.54) is 6.08 Å². The van der Waals surface area contributed by atoms with Crippen LogP contribution in [0, 0.1) is 0 Å². The van der Waals surface area contributed by atoms with Gasteiger partial charge in [0.15, 0.2) is 5.78 Å². The summed E-state index contributed by atoms with van der Waals surface area (Å²) in [6.07, 6.45) is 2.78. The number of ketones is 1. The lowest BCUT2D eigenvalue weighted by molar-refractivity contribution is -0.114. The Bertz CT molecular complexity index is 366. The Morgan fingerprint density at radius 2 is 1.93 bits per heavy atom. The number of ether oxygens (including phenoxy) is 1. The SMILES string of the molecule is CCC(=O)/C=C/OC(=O)c1ccccc1. The molecule has 0 saturated heterocycles. The van der Waals surface area contributed by atoms with Crippen molar-refractivity contribution in [2.45, 2.75) is 13.3 Å². The maximum Gasteiger partial charge on any atom is 0.342 e. The fourth-order valence-electron chi connectivity index (χ4n) is 0.932. The fraction of sp³-hybridized carbons (Fsp3) is 0.167. The maximum absolute atomic E-state index is 11.3.